The van der Waals surface area contributed by atoms with Crippen LogP contribution in [0.15, 0.2) is 12.2 Å². The van der Waals surface area contributed by atoms with Gasteiger partial charge in [-0.15, -0.1) is 0 Å². The summed E-state index contributed by atoms with van der Waals surface area (Å²) in [7, 11) is -6.51. The van der Waals surface area contributed by atoms with Gasteiger partial charge in [0.25, 0.3) is 0 Å². The molecule has 1 N–H and O–H groups in total. The molecule has 1 heterocycles. The molecule has 0 saturated carbocycles. The molecule has 1 fully saturated rings. The molecule has 8 atom stereocenters. The van der Waals surface area contributed by atoms with Gasteiger partial charge < -0.3 is 27.5 Å². The average molecular weight is 863 g/mol. The lowest BCUT2D eigenvalue weighted by Crippen LogP contribution is -2.59. The maximum atomic E-state index is 13.9. The van der Waals surface area contributed by atoms with E-state index < -0.39 is 69.0 Å². The van der Waals surface area contributed by atoms with Crippen LogP contribution in [0.2, 0.25) is 72.5 Å². The Morgan fingerprint density at radius 3 is 1.52 bits per heavy atom. The van der Waals surface area contributed by atoms with E-state index in [1.54, 1.807) is 7.05 Å². The Bertz CT molecular complexity index is 1290. The van der Waals surface area contributed by atoms with Crippen LogP contribution in [-0.4, -0.2) is 107 Å². The van der Waals surface area contributed by atoms with Gasteiger partial charge in [-0.25, -0.2) is 5.06 Å². The first-order valence-electron chi connectivity index (χ1n) is 21.2. The van der Waals surface area contributed by atoms with Crippen LogP contribution in [0.4, 0.5) is 0 Å². The largest absolute Gasteiger partial charge is 0.416 e. The predicted octanol–water partition coefficient (Wildman–Crippen LogP) is 11.2. The molecule has 0 aromatic rings. The summed E-state index contributed by atoms with van der Waals surface area (Å²) in [6, 6.07) is 0. The number of allylic oxidation sites excluding steroid dienone is 1. The number of carbonyl (C=O) groups is 1. The first-order valence-corrected chi connectivity index (χ1v) is 32.8. The van der Waals surface area contributed by atoms with Gasteiger partial charge in [-0.2, -0.15) is 0 Å². The van der Waals surface area contributed by atoms with Crippen LogP contribution >= 0.6 is 0 Å². The maximum Gasteiger partial charge on any atom is 0.248 e. The van der Waals surface area contributed by atoms with Gasteiger partial charge in [0.15, 0.2) is 33.3 Å². The quantitative estimate of drug-likeness (QED) is 0.0559. The Balaban J connectivity index is 4.31. The molecule has 0 spiro atoms. The molecule has 0 bridgehead atoms. The molecule has 1 saturated heterocycles. The summed E-state index contributed by atoms with van der Waals surface area (Å²) in [6.45, 7) is 51.6. The Labute approximate surface area is 350 Å². The molecule has 1 rings (SSSR count). The third kappa shape index (κ3) is 13.4. The highest BCUT2D eigenvalue weighted by atomic mass is 28.4. The van der Waals surface area contributed by atoms with Gasteiger partial charge in [0.05, 0.1) is 37.9 Å². The van der Waals surface area contributed by atoms with Crippen molar-refractivity contribution >= 4 is 39.2 Å². The molecule has 56 heavy (non-hydrogen) atoms. The second-order valence-corrected chi connectivity index (χ2v) is 42.2. The number of carbonyl (C=O) groups excluding carboxylic acids is 1. The minimum atomic E-state index is -2.51. The standard InChI is InChI=1S/C43H91NO8Si4/c1-26-27-31(2)37-43(15,50-37)38(52-56(24,25)42(12,13)14)33(30-49-54(20,21)40(6,7)8)36(46)32(29-48-53(18,19)39(3,4)5)34(28-35(45)44(16)47-17)51-55(22,23)41(9,10)11/h26-27,31-34,36-38,46H,28-30H2,1-25H3/b27-26-/t31-,32+,33-,34+,36+,37+,38-,43-/m0/s1. The maximum absolute atomic E-state index is 13.9. The molecule has 0 unspecified atom stereocenters. The number of hydroxylamine groups is 2. The lowest BCUT2D eigenvalue weighted by molar-refractivity contribution is -0.172. The Morgan fingerprint density at radius 2 is 1.14 bits per heavy atom. The van der Waals surface area contributed by atoms with Gasteiger partial charge in [-0.05, 0) is 86.4 Å². The Hall–Kier alpha value is -0.202. The minimum absolute atomic E-state index is 0.0255. The van der Waals surface area contributed by atoms with E-state index in [0.29, 0.717) is 0 Å². The number of rotatable bonds is 20. The fourth-order valence-corrected chi connectivity index (χ4v) is 10.9. The molecule has 0 aliphatic carbocycles. The third-order valence-corrected chi connectivity index (χ3v) is 32.5. The van der Waals surface area contributed by atoms with Gasteiger partial charge in [-0.3, -0.25) is 9.63 Å². The van der Waals surface area contributed by atoms with Crippen molar-refractivity contribution in [1.82, 2.24) is 5.06 Å². The van der Waals surface area contributed by atoms with Gasteiger partial charge in [-0.1, -0.05) is 102 Å². The summed E-state index contributed by atoms with van der Waals surface area (Å²) in [5.74, 6) is -1.20. The topological polar surface area (TPSA) is 99.2 Å². The molecule has 1 aliphatic heterocycles. The van der Waals surface area contributed by atoms with E-state index in [9.17, 15) is 9.90 Å². The van der Waals surface area contributed by atoms with Crippen molar-refractivity contribution in [3.8, 4) is 0 Å². The van der Waals surface area contributed by atoms with Crippen LogP contribution in [-0.2, 0) is 32.1 Å². The lowest BCUT2D eigenvalue weighted by Gasteiger charge is -2.48. The van der Waals surface area contributed by atoms with Crippen molar-refractivity contribution in [2.75, 3.05) is 27.4 Å². The molecule has 0 aromatic carbocycles. The van der Waals surface area contributed by atoms with Crippen LogP contribution in [0.3, 0.4) is 0 Å². The number of aliphatic hydroxyl groups is 1. The lowest BCUT2D eigenvalue weighted by atomic mass is 9.78. The summed E-state index contributed by atoms with van der Waals surface area (Å²) in [4.78, 5) is 19.3. The summed E-state index contributed by atoms with van der Waals surface area (Å²) < 4.78 is 35.8. The molecule has 0 radical (unpaired) electrons. The summed E-state index contributed by atoms with van der Waals surface area (Å²) in [6.07, 6.45) is 1.97. The zero-order chi connectivity index (χ0) is 44.5. The highest BCUT2D eigenvalue weighted by Crippen LogP contribution is 2.52. The van der Waals surface area contributed by atoms with Crippen LogP contribution in [0, 0.1) is 17.8 Å². The monoisotopic (exact) mass is 862 g/mol. The average Bonchev–Trinajstić information content (AvgIpc) is 3.70. The highest BCUT2D eigenvalue weighted by Gasteiger charge is 2.64. The van der Waals surface area contributed by atoms with Gasteiger partial charge in [0.1, 0.15) is 5.60 Å². The second-order valence-electron chi connectivity index (χ2n) is 23.1. The van der Waals surface area contributed by atoms with Crippen LogP contribution in [0.1, 0.15) is 110 Å². The molecular weight excluding hydrogens is 771 g/mol. The number of aliphatic hydroxyl groups excluding tert-OH is 1. The normalized spacial score (nSPS) is 22.8. The van der Waals surface area contributed by atoms with E-state index in [2.05, 4.69) is 161 Å². The number of epoxide rings is 1. The minimum Gasteiger partial charge on any atom is -0.416 e. The first kappa shape index (κ1) is 53.8. The smallest absolute Gasteiger partial charge is 0.248 e. The highest BCUT2D eigenvalue weighted by molar-refractivity contribution is 6.75. The van der Waals surface area contributed by atoms with E-state index in [0.717, 1.165) is 0 Å². The number of nitrogens with zero attached hydrogens (tertiary/aromatic N) is 1. The Kier molecular flexibility index (Phi) is 18.1. The SMILES string of the molecule is C/C=C\[C@H](C)[C@H]1O[C@]1(C)[C@@H](O[Si](C)(C)C(C)(C)C)[C@@H](CO[Si](C)(C)C(C)(C)C)[C@H](O)[C@H](CO[Si](C)(C)C(C)(C)C)[C@@H](CC(=O)N(C)OC)O[Si](C)(C)C(C)(C)C. The van der Waals surface area contributed by atoms with Crippen molar-refractivity contribution < 1.29 is 37.2 Å². The zero-order valence-electron chi connectivity index (χ0n) is 41.1. The molecular formula is C43H91NO8Si4. The number of ether oxygens (including phenoxy) is 1. The van der Waals surface area contributed by atoms with Gasteiger partial charge >= 0.3 is 0 Å². The molecule has 13 heteroatoms. The fourth-order valence-electron chi connectivity index (χ4n) is 6.01. The zero-order valence-corrected chi connectivity index (χ0v) is 45.1. The molecule has 1 aliphatic rings. The van der Waals surface area contributed by atoms with Crippen molar-refractivity contribution in [2.45, 2.75) is 213 Å². The van der Waals surface area contributed by atoms with Crippen molar-refractivity contribution in [1.29, 1.82) is 0 Å². The summed E-state index contributed by atoms with van der Waals surface area (Å²) in [5.41, 5.74) is -0.691. The third-order valence-electron chi connectivity index (χ3n) is 14.5. The first-order chi connectivity index (χ1) is 24.7. The van der Waals surface area contributed by atoms with Gasteiger partial charge in [0, 0.05) is 38.0 Å². The molecule has 0 aromatic heterocycles. The molecule has 332 valence electrons. The van der Waals surface area contributed by atoms with Crippen molar-refractivity contribution in [3.05, 3.63) is 12.2 Å². The van der Waals surface area contributed by atoms with E-state index >= 15 is 0 Å². The van der Waals surface area contributed by atoms with Crippen LogP contribution in [0.25, 0.3) is 0 Å². The summed E-state index contributed by atoms with van der Waals surface area (Å²) >= 11 is 0. The Morgan fingerprint density at radius 1 is 0.750 bits per heavy atom. The van der Waals surface area contributed by atoms with Gasteiger partial charge in [0.2, 0.25) is 5.91 Å². The van der Waals surface area contributed by atoms with Crippen molar-refractivity contribution in [3.63, 3.8) is 0 Å². The fraction of sp³-hybridized carbons (Fsp3) is 0.930. The summed E-state index contributed by atoms with van der Waals surface area (Å²) in [5, 5.41) is 14.3. The van der Waals surface area contributed by atoms with E-state index in [1.165, 1.54) is 12.2 Å². The number of amides is 1. The predicted molar refractivity (Wildman–Crippen MR) is 245 cm³/mol. The molecule has 1 amide bonds. The second kappa shape index (κ2) is 18.8. The van der Waals surface area contributed by atoms with E-state index in [-0.39, 0.29) is 57.7 Å². The van der Waals surface area contributed by atoms with Crippen molar-refractivity contribution in [2.24, 2.45) is 17.8 Å². The van der Waals surface area contributed by atoms with E-state index in [1.807, 2.05) is 6.92 Å². The number of hydrogen-bond acceptors (Lipinski definition) is 8. The van der Waals surface area contributed by atoms with E-state index in [4.69, 9.17) is 27.3 Å². The molecule has 9 nitrogen and oxygen atoms in total. The van der Waals surface area contributed by atoms with Crippen LogP contribution < -0.4 is 0 Å². The number of hydrogen-bond donors (Lipinski definition) is 1. The van der Waals surface area contributed by atoms with Crippen LogP contribution in [0.5, 0.6) is 0 Å².